The van der Waals surface area contributed by atoms with Crippen LogP contribution in [0.3, 0.4) is 0 Å². The molecule has 3 aromatic heterocycles. The number of carbonyl (C=O) groups is 1. The second-order valence-electron chi connectivity index (χ2n) is 6.96. The van der Waals surface area contributed by atoms with Gasteiger partial charge in [0.25, 0.3) is 0 Å². The summed E-state index contributed by atoms with van der Waals surface area (Å²) in [6.07, 6.45) is 2.00. The standard InChI is InChI=1S/C22H20N4O4/c1-2-17(27)29-15-6-3-5-14(13-15)20-24-18-16-7-4-8-23-22(16)30-19(18)21(25-20)26-9-11-28-12-10-26/h3-8,13H,2,9-12H2,1H3. The number of rotatable bonds is 4. The van der Waals surface area contributed by atoms with Crippen LogP contribution < -0.4 is 9.64 Å². The van der Waals surface area contributed by atoms with E-state index in [9.17, 15) is 4.79 Å². The number of nitrogens with zero attached hydrogens (tertiary/aromatic N) is 4. The summed E-state index contributed by atoms with van der Waals surface area (Å²) in [6, 6.07) is 11.0. The fourth-order valence-electron chi connectivity index (χ4n) is 3.49. The molecule has 30 heavy (non-hydrogen) atoms. The van der Waals surface area contributed by atoms with Crippen LogP contribution in [0.1, 0.15) is 13.3 Å². The molecule has 8 heteroatoms. The summed E-state index contributed by atoms with van der Waals surface area (Å²) >= 11 is 0. The van der Waals surface area contributed by atoms with Gasteiger partial charge >= 0.3 is 5.97 Å². The molecule has 0 atom stereocenters. The quantitative estimate of drug-likeness (QED) is 0.376. The van der Waals surface area contributed by atoms with Gasteiger partial charge in [0.05, 0.1) is 18.6 Å². The van der Waals surface area contributed by atoms with Crippen molar-refractivity contribution in [1.82, 2.24) is 15.0 Å². The van der Waals surface area contributed by atoms with Crippen molar-refractivity contribution in [3.8, 4) is 17.1 Å². The Labute approximate surface area is 172 Å². The molecule has 152 valence electrons. The van der Waals surface area contributed by atoms with Gasteiger partial charge in [-0.2, -0.15) is 0 Å². The number of hydrogen-bond donors (Lipinski definition) is 0. The van der Waals surface area contributed by atoms with Crippen LogP contribution in [0, 0.1) is 0 Å². The Kier molecular flexibility index (Phi) is 4.76. The number of esters is 1. The zero-order chi connectivity index (χ0) is 20.5. The Balaban J connectivity index is 1.68. The van der Waals surface area contributed by atoms with Gasteiger partial charge in [0.1, 0.15) is 11.3 Å². The number of furan rings is 1. The maximum absolute atomic E-state index is 11.7. The Morgan fingerprint density at radius 3 is 2.87 bits per heavy atom. The van der Waals surface area contributed by atoms with Crippen LogP contribution >= 0.6 is 0 Å². The maximum Gasteiger partial charge on any atom is 0.310 e. The number of benzene rings is 1. The zero-order valence-electron chi connectivity index (χ0n) is 16.5. The third-order valence-electron chi connectivity index (χ3n) is 5.00. The fraction of sp³-hybridized carbons (Fsp3) is 0.273. The number of carbonyl (C=O) groups excluding carboxylic acids is 1. The highest BCUT2D eigenvalue weighted by Gasteiger charge is 2.23. The predicted octanol–water partition coefficient (Wildman–Crippen LogP) is 3.59. The molecule has 0 N–H and O–H groups in total. The van der Waals surface area contributed by atoms with Gasteiger partial charge < -0.3 is 18.8 Å². The Morgan fingerprint density at radius 1 is 1.17 bits per heavy atom. The number of ether oxygens (including phenoxy) is 2. The third kappa shape index (κ3) is 3.35. The van der Waals surface area contributed by atoms with E-state index in [2.05, 4.69) is 9.88 Å². The molecule has 1 aliphatic heterocycles. The Hall–Kier alpha value is -3.52. The summed E-state index contributed by atoms with van der Waals surface area (Å²) in [7, 11) is 0. The molecule has 1 aromatic carbocycles. The summed E-state index contributed by atoms with van der Waals surface area (Å²) in [5.41, 5.74) is 2.61. The number of morpholine rings is 1. The van der Waals surface area contributed by atoms with E-state index < -0.39 is 0 Å². The number of aromatic nitrogens is 3. The number of anilines is 1. The molecule has 4 aromatic rings. The van der Waals surface area contributed by atoms with Gasteiger partial charge in [0.15, 0.2) is 17.2 Å². The number of hydrogen-bond acceptors (Lipinski definition) is 8. The molecule has 0 spiro atoms. The van der Waals surface area contributed by atoms with E-state index in [4.69, 9.17) is 23.9 Å². The monoisotopic (exact) mass is 404 g/mol. The second kappa shape index (κ2) is 7.72. The summed E-state index contributed by atoms with van der Waals surface area (Å²) in [5.74, 6) is 1.43. The summed E-state index contributed by atoms with van der Waals surface area (Å²) in [5, 5.41) is 0.833. The highest BCUT2D eigenvalue weighted by atomic mass is 16.5. The van der Waals surface area contributed by atoms with E-state index in [1.54, 1.807) is 25.3 Å². The lowest BCUT2D eigenvalue weighted by Crippen LogP contribution is -2.37. The zero-order valence-corrected chi connectivity index (χ0v) is 16.5. The molecular formula is C22H20N4O4. The molecule has 1 fully saturated rings. The minimum absolute atomic E-state index is 0.288. The van der Waals surface area contributed by atoms with E-state index in [1.807, 2.05) is 24.3 Å². The molecule has 0 amide bonds. The van der Waals surface area contributed by atoms with E-state index in [1.165, 1.54) is 0 Å². The molecule has 0 saturated carbocycles. The first-order chi connectivity index (χ1) is 14.7. The van der Waals surface area contributed by atoms with Crippen molar-refractivity contribution < 1.29 is 18.7 Å². The van der Waals surface area contributed by atoms with Gasteiger partial charge in [-0.05, 0) is 24.3 Å². The van der Waals surface area contributed by atoms with Crippen molar-refractivity contribution in [1.29, 1.82) is 0 Å². The van der Waals surface area contributed by atoms with Crippen molar-refractivity contribution in [3.63, 3.8) is 0 Å². The van der Waals surface area contributed by atoms with Crippen LogP contribution in [0.15, 0.2) is 47.0 Å². The lowest BCUT2D eigenvalue weighted by molar-refractivity contribution is -0.134. The van der Waals surface area contributed by atoms with Crippen molar-refractivity contribution in [2.45, 2.75) is 13.3 Å². The summed E-state index contributed by atoms with van der Waals surface area (Å²) in [6.45, 7) is 4.44. The molecular weight excluding hydrogens is 384 g/mol. The van der Waals surface area contributed by atoms with E-state index in [0.717, 1.165) is 10.9 Å². The van der Waals surface area contributed by atoms with Crippen molar-refractivity contribution in [2.75, 3.05) is 31.2 Å². The van der Waals surface area contributed by atoms with Crippen LogP contribution in [0.2, 0.25) is 0 Å². The minimum Gasteiger partial charge on any atom is -0.432 e. The van der Waals surface area contributed by atoms with E-state index in [-0.39, 0.29) is 5.97 Å². The molecule has 5 rings (SSSR count). The number of fused-ring (bicyclic) bond motifs is 3. The first kappa shape index (κ1) is 18.5. The Bertz CT molecular complexity index is 1230. The first-order valence-electron chi connectivity index (χ1n) is 9.92. The van der Waals surface area contributed by atoms with Crippen LogP contribution in [-0.2, 0) is 9.53 Å². The van der Waals surface area contributed by atoms with Crippen LogP contribution in [0.25, 0.3) is 33.6 Å². The van der Waals surface area contributed by atoms with Gasteiger partial charge in [-0.3, -0.25) is 4.79 Å². The number of pyridine rings is 1. The lowest BCUT2D eigenvalue weighted by Gasteiger charge is -2.27. The van der Waals surface area contributed by atoms with Crippen LogP contribution in [-0.4, -0.2) is 47.2 Å². The van der Waals surface area contributed by atoms with E-state index in [0.29, 0.717) is 66.9 Å². The van der Waals surface area contributed by atoms with Crippen LogP contribution in [0.4, 0.5) is 5.82 Å². The largest absolute Gasteiger partial charge is 0.432 e. The summed E-state index contributed by atoms with van der Waals surface area (Å²) < 4.78 is 16.9. The highest BCUT2D eigenvalue weighted by Crippen LogP contribution is 2.34. The van der Waals surface area contributed by atoms with Crippen molar-refractivity contribution in [3.05, 3.63) is 42.6 Å². The molecule has 0 bridgehead atoms. The SMILES string of the molecule is CCC(=O)Oc1cccc(-c2nc(N3CCOCC3)c3oc4ncccc4c3n2)c1. The predicted molar refractivity (Wildman–Crippen MR) is 111 cm³/mol. The molecule has 0 unspecified atom stereocenters. The fourth-order valence-corrected chi connectivity index (χ4v) is 3.49. The Morgan fingerprint density at radius 2 is 2.03 bits per heavy atom. The van der Waals surface area contributed by atoms with Gasteiger partial charge in [0.2, 0.25) is 5.71 Å². The maximum atomic E-state index is 11.7. The third-order valence-corrected chi connectivity index (χ3v) is 5.00. The average molecular weight is 404 g/mol. The highest BCUT2D eigenvalue weighted by molar-refractivity contribution is 6.05. The summed E-state index contributed by atoms with van der Waals surface area (Å²) in [4.78, 5) is 27.8. The average Bonchev–Trinajstić information content (AvgIpc) is 3.18. The van der Waals surface area contributed by atoms with Crippen molar-refractivity contribution >= 4 is 34.0 Å². The molecule has 1 saturated heterocycles. The molecule has 0 radical (unpaired) electrons. The van der Waals surface area contributed by atoms with E-state index >= 15 is 0 Å². The van der Waals surface area contributed by atoms with Gasteiger partial charge in [-0.15, -0.1) is 0 Å². The van der Waals surface area contributed by atoms with Crippen LogP contribution in [0.5, 0.6) is 5.75 Å². The molecule has 4 heterocycles. The first-order valence-corrected chi connectivity index (χ1v) is 9.92. The molecule has 1 aliphatic rings. The van der Waals surface area contributed by atoms with Gasteiger partial charge in [0, 0.05) is 31.3 Å². The topological polar surface area (TPSA) is 90.6 Å². The smallest absolute Gasteiger partial charge is 0.310 e. The van der Waals surface area contributed by atoms with Crippen molar-refractivity contribution in [2.24, 2.45) is 0 Å². The van der Waals surface area contributed by atoms with Gasteiger partial charge in [-0.1, -0.05) is 19.1 Å². The van der Waals surface area contributed by atoms with Gasteiger partial charge in [-0.25, -0.2) is 15.0 Å². The normalized spacial score (nSPS) is 14.4. The second-order valence-corrected chi connectivity index (χ2v) is 6.96. The minimum atomic E-state index is -0.288. The molecule has 0 aliphatic carbocycles. The lowest BCUT2D eigenvalue weighted by atomic mass is 10.2. The molecule has 8 nitrogen and oxygen atoms in total.